The maximum Gasteiger partial charge on any atom is 0.179 e. The van der Waals surface area contributed by atoms with E-state index >= 15 is 0 Å². The van der Waals surface area contributed by atoms with Gasteiger partial charge < -0.3 is 0 Å². The lowest BCUT2D eigenvalue weighted by molar-refractivity contribution is 1.16. The summed E-state index contributed by atoms with van der Waals surface area (Å²) >= 11 is 0. The molecular formula is C39H26N4. The van der Waals surface area contributed by atoms with Crippen molar-refractivity contribution in [3.63, 3.8) is 0 Å². The molecule has 0 N–H and O–H groups in total. The number of pyridine rings is 2. The van der Waals surface area contributed by atoms with Gasteiger partial charge in [-0.2, -0.15) is 0 Å². The second kappa shape index (κ2) is 10.3. The number of hydrogen-bond donors (Lipinski definition) is 0. The molecule has 0 amide bonds. The van der Waals surface area contributed by atoms with Gasteiger partial charge in [0.25, 0.3) is 0 Å². The Hall–Kier alpha value is -5.74. The smallest absolute Gasteiger partial charge is 0.179 e. The van der Waals surface area contributed by atoms with E-state index in [0.717, 1.165) is 61.1 Å². The molecule has 5 aromatic carbocycles. The minimum absolute atomic E-state index is 0.578. The molecule has 0 spiro atoms. The molecule has 4 heteroatoms. The molecule has 4 nitrogen and oxygen atoms in total. The van der Waals surface area contributed by atoms with Crippen LogP contribution in [0.25, 0.3) is 77.7 Å². The summed E-state index contributed by atoms with van der Waals surface area (Å²) in [7, 11) is 0. The van der Waals surface area contributed by atoms with Crippen LogP contribution in [0.4, 0.5) is 0 Å². The molecule has 0 fully saturated rings. The highest BCUT2D eigenvalue weighted by Gasteiger charge is 2.17. The number of benzene rings is 5. The van der Waals surface area contributed by atoms with Crippen LogP contribution in [0.5, 0.6) is 0 Å². The number of aryl methyl sites for hydroxylation is 1. The van der Waals surface area contributed by atoms with Crippen LogP contribution in [0.1, 0.15) is 5.69 Å². The van der Waals surface area contributed by atoms with Crippen molar-refractivity contribution in [2.24, 2.45) is 0 Å². The fourth-order valence-electron chi connectivity index (χ4n) is 5.75. The Morgan fingerprint density at radius 1 is 0.395 bits per heavy atom. The number of aromatic nitrogens is 4. The third-order valence-electron chi connectivity index (χ3n) is 7.93. The van der Waals surface area contributed by atoms with Crippen LogP contribution < -0.4 is 0 Å². The van der Waals surface area contributed by atoms with Gasteiger partial charge >= 0.3 is 0 Å². The van der Waals surface area contributed by atoms with Gasteiger partial charge in [0.1, 0.15) is 5.69 Å². The van der Waals surface area contributed by atoms with E-state index in [1.54, 1.807) is 0 Å². The molecule has 0 aliphatic rings. The van der Waals surface area contributed by atoms with E-state index in [-0.39, 0.29) is 0 Å². The van der Waals surface area contributed by atoms with E-state index in [0.29, 0.717) is 11.5 Å². The van der Waals surface area contributed by atoms with Crippen molar-refractivity contribution in [1.29, 1.82) is 0 Å². The molecule has 202 valence electrons. The average molecular weight is 551 g/mol. The fraction of sp³-hybridized carbons (Fsp3) is 0.0256. The van der Waals surface area contributed by atoms with Crippen molar-refractivity contribution in [1.82, 2.24) is 19.9 Å². The standard InChI is InChI=1S/C39H26N4/c1-25-16-17-29-20-21-32-33(31-19-18-26-10-8-9-15-30(26)22-31)23-36(41-38(32)37(29)40-25)39-42-34(27-11-4-2-5-12-27)24-35(43-39)28-13-6-3-7-14-28/h2-24H,1H3. The number of nitrogens with zero attached hydrogens (tertiary/aromatic N) is 4. The fourth-order valence-corrected chi connectivity index (χ4v) is 5.75. The molecule has 8 aromatic rings. The Labute approximate surface area is 249 Å². The van der Waals surface area contributed by atoms with Crippen LogP contribution in [0.2, 0.25) is 0 Å². The SMILES string of the molecule is Cc1ccc2ccc3c(-c4ccc5ccccc5c4)cc(-c4nc(-c5ccccc5)cc(-c5ccccc5)n4)nc3c2n1. The first-order valence-electron chi connectivity index (χ1n) is 14.4. The zero-order valence-corrected chi connectivity index (χ0v) is 23.6. The van der Waals surface area contributed by atoms with Gasteiger partial charge in [0.2, 0.25) is 0 Å². The van der Waals surface area contributed by atoms with Gasteiger partial charge in [0.15, 0.2) is 5.82 Å². The molecule has 3 heterocycles. The monoisotopic (exact) mass is 550 g/mol. The highest BCUT2D eigenvalue weighted by molar-refractivity contribution is 6.09. The van der Waals surface area contributed by atoms with E-state index in [9.17, 15) is 0 Å². The first kappa shape index (κ1) is 25.0. The van der Waals surface area contributed by atoms with E-state index < -0.39 is 0 Å². The zero-order valence-electron chi connectivity index (χ0n) is 23.6. The Kier molecular flexibility index (Phi) is 5.97. The van der Waals surface area contributed by atoms with Crippen LogP contribution >= 0.6 is 0 Å². The first-order valence-corrected chi connectivity index (χ1v) is 14.4. The number of fused-ring (bicyclic) bond motifs is 4. The second-order valence-corrected chi connectivity index (χ2v) is 10.8. The molecule has 0 bridgehead atoms. The van der Waals surface area contributed by atoms with Crippen molar-refractivity contribution in [2.75, 3.05) is 0 Å². The first-order chi connectivity index (χ1) is 21.2. The summed E-state index contributed by atoms with van der Waals surface area (Å²) in [6.07, 6.45) is 0. The highest BCUT2D eigenvalue weighted by atomic mass is 14.9. The third-order valence-corrected chi connectivity index (χ3v) is 7.93. The van der Waals surface area contributed by atoms with Crippen molar-refractivity contribution in [3.05, 3.63) is 145 Å². The van der Waals surface area contributed by atoms with E-state index in [1.807, 2.05) is 49.4 Å². The Morgan fingerprint density at radius 2 is 1.02 bits per heavy atom. The Bertz CT molecular complexity index is 2240. The predicted octanol–water partition coefficient (Wildman–Crippen LogP) is 9.70. The van der Waals surface area contributed by atoms with Crippen molar-refractivity contribution in [2.45, 2.75) is 6.92 Å². The minimum atomic E-state index is 0.578. The van der Waals surface area contributed by atoms with Gasteiger partial charge in [0, 0.05) is 27.6 Å². The summed E-state index contributed by atoms with van der Waals surface area (Å²) in [5.41, 5.74) is 9.34. The zero-order chi connectivity index (χ0) is 28.8. The molecule has 8 rings (SSSR count). The highest BCUT2D eigenvalue weighted by Crippen LogP contribution is 2.36. The molecule has 0 atom stereocenters. The van der Waals surface area contributed by atoms with Gasteiger partial charge in [-0.3, -0.25) is 4.98 Å². The lowest BCUT2D eigenvalue weighted by Crippen LogP contribution is -1.99. The summed E-state index contributed by atoms with van der Waals surface area (Å²) in [5, 5.41) is 4.50. The normalized spacial score (nSPS) is 11.4. The van der Waals surface area contributed by atoms with E-state index in [4.69, 9.17) is 19.9 Å². The molecule has 0 aliphatic heterocycles. The summed E-state index contributed by atoms with van der Waals surface area (Å²) in [4.78, 5) is 20.4. The molecule has 0 radical (unpaired) electrons. The van der Waals surface area contributed by atoms with Crippen LogP contribution in [-0.2, 0) is 0 Å². The van der Waals surface area contributed by atoms with Crippen molar-refractivity contribution >= 4 is 32.6 Å². The van der Waals surface area contributed by atoms with Gasteiger partial charge in [-0.25, -0.2) is 15.0 Å². The summed E-state index contributed by atoms with van der Waals surface area (Å²) in [6, 6.07) is 48.2. The Morgan fingerprint density at radius 3 is 1.74 bits per heavy atom. The van der Waals surface area contributed by atoms with Crippen LogP contribution in [0.15, 0.2) is 140 Å². The predicted molar refractivity (Wildman–Crippen MR) is 177 cm³/mol. The summed E-state index contributed by atoms with van der Waals surface area (Å²) < 4.78 is 0. The number of rotatable bonds is 4. The summed E-state index contributed by atoms with van der Waals surface area (Å²) in [6.45, 7) is 2.02. The van der Waals surface area contributed by atoms with Crippen LogP contribution in [0, 0.1) is 6.92 Å². The molecule has 0 unspecified atom stereocenters. The van der Waals surface area contributed by atoms with Crippen LogP contribution in [0.3, 0.4) is 0 Å². The molecule has 3 aromatic heterocycles. The van der Waals surface area contributed by atoms with Gasteiger partial charge in [0.05, 0.1) is 22.4 Å². The molecule has 43 heavy (non-hydrogen) atoms. The van der Waals surface area contributed by atoms with Gasteiger partial charge in [-0.1, -0.05) is 115 Å². The summed E-state index contributed by atoms with van der Waals surface area (Å²) in [5.74, 6) is 0.578. The van der Waals surface area contributed by atoms with Gasteiger partial charge in [-0.05, 0) is 53.1 Å². The maximum atomic E-state index is 5.25. The van der Waals surface area contributed by atoms with Crippen molar-refractivity contribution < 1.29 is 0 Å². The lowest BCUT2D eigenvalue weighted by atomic mass is 9.96. The molecule has 0 saturated heterocycles. The van der Waals surface area contributed by atoms with Crippen LogP contribution in [-0.4, -0.2) is 19.9 Å². The quantitative estimate of drug-likeness (QED) is 0.205. The third kappa shape index (κ3) is 4.59. The topological polar surface area (TPSA) is 51.6 Å². The molecular weight excluding hydrogens is 524 g/mol. The van der Waals surface area contributed by atoms with Crippen molar-refractivity contribution in [3.8, 4) is 45.2 Å². The number of hydrogen-bond acceptors (Lipinski definition) is 4. The lowest BCUT2D eigenvalue weighted by Gasteiger charge is -2.14. The Balaban J connectivity index is 1.44. The average Bonchev–Trinajstić information content (AvgIpc) is 3.08. The second-order valence-electron chi connectivity index (χ2n) is 10.8. The maximum absolute atomic E-state index is 5.25. The van der Waals surface area contributed by atoms with E-state index in [2.05, 4.69) is 97.1 Å². The largest absolute Gasteiger partial charge is 0.251 e. The van der Waals surface area contributed by atoms with Gasteiger partial charge in [-0.15, -0.1) is 0 Å². The molecule has 0 aliphatic carbocycles. The minimum Gasteiger partial charge on any atom is -0.251 e. The van der Waals surface area contributed by atoms with E-state index in [1.165, 1.54) is 10.8 Å². The molecule has 0 saturated carbocycles.